The van der Waals surface area contributed by atoms with Crippen molar-refractivity contribution in [2.45, 2.75) is 70.7 Å². The van der Waals surface area contributed by atoms with Crippen molar-refractivity contribution < 1.29 is 14.4 Å². The van der Waals surface area contributed by atoms with E-state index in [4.69, 9.17) is 0 Å². The highest BCUT2D eigenvalue weighted by molar-refractivity contribution is 8.01. The molecule has 2 fully saturated rings. The molecular weight excluding hydrogens is 406 g/mol. The molecule has 0 aromatic carbocycles. The average molecular weight is 436 g/mol. The minimum atomic E-state index is -0.524. The second-order valence-electron chi connectivity index (χ2n) is 9.57. The largest absolute Gasteiger partial charge is 0.315 e. The quantitative estimate of drug-likeness (QED) is 0.700. The van der Waals surface area contributed by atoms with Crippen LogP contribution in [0.3, 0.4) is 0 Å². The van der Waals surface area contributed by atoms with Crippen LogP contribution in [-0.4, -0.2) is 39.3 Å². The third-order valence-electron chi connectivity index (χ3n) is 6.58. The Kier molecular flexibility index (Phi) is 5.22. The van der Waals surface area contributed by atoms with Crippen LogP contribution in [-0.2, 0) is 22.4 Å². The molecule has 3 aliphatic rings. The highest BCUT2D eigenvalue weighted by atomic mass is 32.2. The first-order valence-electron chi connectivity index (χ1n) is 10.3. The molecule has 6 nitrogen and oxygen atoms in total. The van der Waals surface area contributed by atoms with Crippen LogP contribution in [0, 0.1) is 11.3 Å². The molecule has 2 saturated heterocycles. The van der Waals surface area contributed by atoms with Crippen LogP contribution in [0.4, 0.5) is 0 Å². The molecule has 158 valence electrons. The number of fused-ring (bicyclic) bond motifs is 2. The first kappa shape index (κ1) is 20.7. The van der Waals surface area contributed by atoms with Crippen LogP contribution < -0.4 is 10.9 Å². The Hall–Kier alpha value is -1.54. The van der Waals surface area contributed by atoms with Crippen LogP contribution in [0.15, 0.2) is 6.07 Å². The number of hydrogen-bond donors (Lipinski definition) is 2. The Morgan fingerprint density at radius 3 is 2.72 bits per heavy atom. The van der Waals surface area contributed by atoms with Crippen molar-refractivity contribution in [3.63, 3.8) is 0 Å². The van der Waals surface area contributed by atoms with Crippen molar-refractivity contribution in [2.24, 2.45) is 11.3 Å². The number of aryl methyl sites for hydroxylation is 1. The zero-order valence-electron chi connectivity index (χ0n) is 17.5. The molecule has 0 saturated carbocycles. The fraction of sp³-hybridized carbons (Fsp3) is 0.667. The molecule has 3 heterocycles. The monoisotopic (exact) mass is 435 g/mol. The lowest BCUT2D eigenvalue weighted by Gasteiger charge is -2.33. The number of thioether (sulfide) groups is 1. The summed E-state index contributed by atoms with van der Waals surface area (Å²) in [5.41, 5.74) is 6.63. The van der Waals surface area contributed by atoms with E-state index in [0.29, 0.717) is 23.0 Å². The summed E-state index contributed by atoms with van der Waals surface area (Å²) in [5.74, 6) is 0.590. The van der Waals surface area contributed by atoms with Gasteiger partial charge in [0.2, 0.25) is 5.91 Å². The molecule has 3 amide bonds. The molecule has 4 rings (SSSR count). The van der Waals surface area contributed by atoms with Gasteiger partial charge in [0.15, 0.2) is 0 Å². The van der Waals surface area contributed by atoms with E-state index in [9.17, 15) is 14.4 Å². The topological polar surface area (TPSA) is 78.5 Å². The maximum atomic E-state index is 12.6. The number of carbonyl (C=O) groups is 3. The summed E-state index contributed by atoms with van der Waals surface area (Å²) in [5, 5.41) is 0. The van der Waals surface area contributed by atoms with E-state index < -0.39 is 6.04 Å². The lowest BCUT2D eigenvalue weighted by molar-refractivity contribution is -0.138. The van der Waals surface area contributed by atoms with Gasteiger partial charge < -0.3 is 4.90 Å². The van der Waals surface area contributed by atoms with Crippen molar-refractivity contribution in [1.82, 2.24) is 15.8 Å². The number of rotatable bonds is 2. The van der Waals surface area contributed by atoms with Gasteiger partial charge in [-0.15, -0.1) is 23.1 Å². The second-order valence-corrected chi connectivity index (χ2v) is 12.2. The number of hydrazine groups is 1. The smallest absolute Gasteiger partial charge is 0.279 e. The normalized spacial score (nSPS) is 28.8. The van der Waals surface area contributed by atoms with E-state index in [1.54, 1.807) is 16.7 Å². The molecule has 0 radical (unpaired) electrons. The fourth-order valence-corrected chi connectivity index (χ4v) is 7.19. The zero-order valence-corrected chi connectivity index (χ0v) is 19.1. The summed E-state index contributed by atoms with van der Waals surface area (Å²) in [6, 6.07) is 1.45. The lowest BCUT2D eigenvalue weighted by atomic mass is 9.72. The summed E-state index contributed by atoms with van der Waals surface area (Å²) in [7, 11) is 0. The molecule has 1 aromatic heterocycles. The van der Waals surface area contributed by atoms with Gasteiger partial charge in [0.1, 0.15) is 6.04 Å². The molecule has 3 atom stereocenters. The molecule has 1 aromatic rings. The third-order valence-corrected chi connectivity index (χ3v) is 9.32. The summed E-state index contributed by atoms with van der Waals surface area (Å²) < 4.78 is 0. The van der Waals surface area contributed by atoms with Gasteiger partial charge in [0.25, 0.3) is 11.8 Å². The third kappa shape index (κ3) is 3.81. The number of carbonyl (C=O) groups excluding carboxylic acids is 3. The number of nitrogens with one attached hydrogen (secondary N) is 2. The van der Waals surface area contributed by atoms with Crippen molar-refractivity contribution in [3.8, 4) is 0 Å². The number of amides is 3. The molecular formula is C21H29N3O3S2. The molecule has 29 heavy (non-hydrogen) atoms. The number of nitrogens with zero attached hydrogens (tertiary/aromatic N) is 1. The lowest BCUT2D eigenvalue weighted by Crippen LogP contribution is -2.54. The van der Waals surface area contributed by atoms with Gasteiger partial charge in [-0.05, 0) is 55.6 Å². The average Bonchev–Trinajstić information content (AvgIpc) is 3.31. The van der Waals surface area contributed by atoms with Crippen molar-refractivity contribution >= 4 is 40.8 Å². The minimum absolute atomic E-state index is 0.0170. The van der Waals surface area contributed by atoms with Gasteiger partial charge in [0, 0.05) is 17.1 Å². The fourth-order valence-electron chi connectivity index (χ4n) is 4.65. The van der Waals surface area contributed by atoms with Crippen molar-refractivity contribution in [2.75, 3.05) is 5.75 Å². The Bertz CT molecular complexity index is 860. The number of thiophene rings is 1. The van der Waals surface area contributed by atoms with Crippen LogP contribution in [0.1, 0.15) is 67.1 Å². The van der Waals surface area contributed by atoms with Gasteiger partial charge in [-0.2, -0.15) is 0 Å². The van der Waals surface area contributed by atoms with Crippen LogP contribution in [0.25, 0.3) is 0 Å². The number of hydrogen-bond acceptors (Lipinski definition) is 5. The summed E-state index contributed by atoms with van der Waals surface area (Å²) in [4.78, 5) is 40.8. The first-order chi connectivity index (χ1) is 13.6. The molecule has 8 heteroatoms. The Morgan fingerprint density at radius 2 is 2.00 bits per heavy atom. The van der Waals surface area contributed by atoms with Crippen molar-refractivity contribution in [3.05, 3.63) is 21.4 Å². The highest BCUT2D eigenvalue weighted by Crippen LogP contribution is 2.47. The van der Waals surface area contributed by atoms with Gasteiger partial charge in [-0.3, -0.25) is 25.2 Å². The predicted octanol–water partition coefficient (Wildman–Crippen LogP) is 3.11. The Morgan fingerprint density at radius 1 is 1.24 bits per heavy atom. The van der Waals surface area contributed by atoms with E-state index >= 15 is 0 Å². The summed E-state index contributed by atoms with van der Waals surface area (Å²) in [6.45, 7) is 8.83. The van der Waals surface area contributed by atoms with E-state index in [1.807, 2.05) is 13.0 Å². The van der Waals surface area contributed by atoms with E-state index in [1.165, 1.54) is 21.8 Å². The van der Waals surface area contributed by atoms with Gasteiger partial charge in [-0.1, -0.05) is 20.8 Å². The molecule has 0 unspecified atom stereocenters. The van der Waals surface area contributed by atoms with Crippen LogP contribution >= 0.6 is 23.1 Å². The zero-order chi connectivity index (χ0) is 21.0. The Labute approximate surface area is 180 Å². The first-order valence-corrected chi connectivity index (χ1v) is 12.1. The molecule has 2 aliphatic heterocycles. The van der Waals surface area contributed by atoms with E-state index in [-0.39, 0.29) is 28.0 Å². The van der Waals surface area contributed by atoms with Gasteiger partial charge >= 0.3 is 0 Å². The summed E-state index contributed by atoms with van der Waals surface area (Å²) >= 11 is 3.16. The SMILES string of the molecule is CC(C)(C)[C@@H]1CCc2sc(C(=O)NNC(=O)[C@H]3CS[C@]4(C)CCC(=O)N34)cc2C1. The van der Waals surface area contributed by atoms with Gasteiger partial charge in [-0.25, -0.2) is 0 Å². The maximum Gasteiger partial charge on any atom is 0.279 e. The second kappa shape index (κ2) is 7.30. The molecule has 1 aliphatic carbocycles. The van der Waals surface area contributed by atoms with Crippen molar-refractivity contribution in [1.29, 1.82) is 0 Å². The Balaban J connectivity index is 1.37. The van der Waals surface area contributed by atoms with Gasteiger partial charge in [0.05, 0.1) is 9.75 Å². The van der Waals surface area contributed by atoms with Crippen LogP contribution in [0.2, 0.25) is 0 Å². The minimum Gasteiger partial charge on any atom is -0.315 e. The highest BCUT2D eigenvalue weighted by Gasteiger charge is 2.53. The predicted molar refractivity (Wildman–Crippen MR) is 116 cm³/mol. The molecule has 0 bridgehead atoms. The standard InChI is InChI=1S/C21H29N3O3S2/c1-20(2,3)13-5-6-15-12(9-13)10-16(29-15)19(27)23-22-18(26)14-11-28-21(4)8-7-17(25)24(14)21/h10,13-14H,5-9,11H2,1-4H3,(H,22,26)(H,23,27)/t13-,14-,21-/m1/s1. The molecule has 2 N–H and O–H groups in total. The van der Waals surface area contributed by atoms with E-state index in [2.05, 4.69) is 31.6 Å². The van der Waals surface area contributed by atoms with E-state index in [0.717, 1.165) is 25.7 Å². The molecule has 0 spiro atoms. The van der Waals surface area contributed by atoms with Crippen LogP contribution in [0.5, 0.6) is 0 Å². The maximum absolute atomic E-state index is 12.6. The summed E-state index contributed by atoms with van der Waals surface area (Å²) in [6.07, 6.45) is 4.41.